The molecule has 0 fully saturated rings. The monoisotopic (exact) mass is 195 g/mol. The van der Waals surface area contributed by atoms with Gasteiger partial charge in [-0.1, -0.05) is 24.8 Å². The summed E-state index contributed by atoms with van der Waals surface area (Å²) in [6.45, 7) is 11.2. The summed E-state index contributed by atoms with van der Waals surface area (Å²) >= 11 is 0. The zero-order valence-electron chi connectivity index (χ0n) is 9.55. The van der Waals surface area contributed by atoms with E-state index in [0.29, 0.717) is 5.76 Å². The van der Waals surface area contributed by atoms with Crippen LogP contribution in [0.2, 0.25) is 0 Å². The van der Waals surface area contributed by atoms with E-state index in [9.17, 15) is 0 Å². The zero-order valence-corrected chi connectivity index (χ0v) is 9.55. The predicted molar refractivity (Wildman–Crippen MR) is 62.2 cm³/mol. The fraction of sp³-hybridized carbons (Fsp3) is 0.500. The van der Waals surface area contributed by atoms with Gasteiger partial charge < -0.3 is 9.64 Å². The van der Waals surface area contributed by atoms with Crippen molar-refractivity contribution in [3.63, 3.8) is 0 Å². The van der Waals surface area contributed by atoms with Gasteiger partial charge in [0.05, 0.1) is 6.61 Å². The van der Waals surface area contributed by atoms with E-state index in [0.717, 1.165) is 25.1 Å². The molecule has 0 unspecified atom stereocenters. The molecular weight excluding hydrogens is 174 g/mol. The smallest absolute Gasteiger partial charge is 0.112 e. The Bertz CT molecular complexity index is 216. The second kappa shape index (κ2) is 7.39. The third kappa shape index (κ3) is 9.07. The van der Waals surface area contributed by atoms with Gasteiger partial charge in [0.2, 0.25) is 0 Å². The van der Waals surface area contributed by atoms with Crippen molar-refractivity contribution < 1.29 is 4.74 Å². The lowest BCUT2D eigenvalue weighted by Gasteiger charge is -2.10. The lowest BCUT2D eigenvalue weighted by atomic mass is 10.3. The van der Waals surface area contributed by atoms with Crippen molar-refractivity contribution in [1.82, 2.24) is 4.90 Å². The third-order valence-electron chi connectivity index (χ3n) is 1.59. The van der Waals surface area contributed by atoms with Crippen LogP contribution in [0.5, 0.6) is 0 Å². The first-order valence-corrected chi connectivity index (χ1v) is 4.82. The van der Waals surface area contributed by atoms with Crippen LogP contribution in [0.1, 0.15) is 13.3 Å². The molecule has 2 heteroatoms. The van der Waals surface area contributed by atoms with E-state index in [2.05, 4.69) is 32.2 Å². The molecule has 0 N–H and O–H groups in total. The summed E-state index contributed by atoms with van der Waals surface area (Å²) in [5.41, 5.74) is 1.00. The van der Waals surface area contributed by atoms with Crippen LogP contribution in [-0.4, -0.2) is 32.1 Å². The Morgan fingerprint density at radius 2 is 1.93 bits per heavy atom. The molecule has 80 valence electrons. The molecule has 0 aromatic heterocycles. The van der Waals surface area contributed by atoms with Gasteiger partial charge in [-0.3, -0.25) is 0 Å². The van der Waals surface area contributed by atoms with Gasteiger partial charge in [-0.2, -0.15) is 0 Å². The van der Waals surface area contributed by atoms with E-state index < -0.39 is 0 Å². The maximum absolute atomic E-state index is 5.39. The number of allylic oxidation sites excluding steroid dienone is 3. The average molecular weight is 195 g/mol. The van der Waals surface area contributed by atoms with Crippen molar-refractivity contribution in [2.75, 3.05) is 27.2 Å². The fourth-order valence-electron chi connectivity index (χ4n) is 0.867. The molecule has 0 aliphatic rings. The van der Waals surface area contributed by atoms with Crippen molar-refractivity contribution in [3.8, 4) is 0 Å². The topological polar surface area (TPSA) is 12.5 Å². The summed E-state index contributed by atoms with van der Waals surface area (Å²) in [5, 5.41) is 0. The Morgan fingerprint density at radius 3 is 2.43 bits per heavy atom. The first-order valence-electron chi connectivity index (χ1n) is 4.82. The average Bonchev–Trinajstić information content (AvgIpc) is 2.08. The van der Waals surface area contributed by atoms with E-state index in [1.165, 1.54) is 0 Å². The normalized spacial score (nSPS) is 10.9. The minimum atomic E-state index is 0.701. The largest absolute Gasteiger partial charge is 0.494 e. The van der Waals surface area contributed by atoms with Crippen molar-refractivity contribution in [1.29, 1.82) is 0 Å². The Morgan fingerprint density at radius 1 is 1.29 bits per heavy atom. The van der Waals surface area contributed by atoms with E-state index in [1.807, 2.05) is 19.1 Å². The number of hydrogen-bond donors (Lipinski definition) is 0. The molecule has 0 aliphatic carbocycles. The fourth-order valence-corrected chi connectivity index (χ4v) is 0.867. The highest BCUT2D eigenvalue weighted by atomic mass is 16.5. The second-order valence-electron chi connectivity index (χ2n) is 3.65. The molecule has 0 aromatic rings. The zero-order chi connectivity index (χ0) is 11.0. The molecule has 0 rings (SSSR count). The molecule has 0 heterocycles. The summed E-state index contributed by atoms with van der Waals surface area (Å²) in [5.74, 6) is 0.701. The van der Waals surface area contributed by atoms with E-state index in [4.69, 9.17) is 4.74 Å². The number of hydrogen-bond acceptors (Lipinski definition) is 2. The maximum atomic E-state index is 5.39. The maximum Gasteiger partial charge on any atom is 0.112 e. The van der Waals surface area contributed by atoms with Crippen LogP contribution in [-0.2, 0) is 4.74 Å². The van der Waals surface area contributed by atoms with Crippen molar-refractivity contribution in [3.05, 3.63) is 36.6 Å². The van der Waals surface area contributed by atoms with Crippen molar-refractivity contribution in [2.24, 2.45) is 0 Å². The van der Waals surface area contributed by atoms with Gasteiger partial charge in [-0.25, -0.2) is 0 Å². The van der Waals surface area contributed by atoms with E-state index in [1.54, 1.807) is 0 Å². The molecule has 0 amide bonds. The first-order chi connectivity index (χ1) is 6.52. The molecular formula is C12H21NO. The van der Waals surface area contributed by atoms with Crippen LogP contribution >= 0.6 is 0 Å². The molecule has 0 saturated heterocycles. The van der Waals surface area contributed by atoms with Gasteiger partial charge in [0, 0.05) is 6.54 Å². The van der Waals surface area contributed by atoms with Crippen LogP contribution in [0, 0.1) is 0 Å². The standard InChI is InChI=1S/C12H21NO/c1-11(2)7-8-12(3)14-10-6-9-13(4)5/h7-8H,1,3,6,9-10H2,2,4-5H3/b8-7-. The Balaban J connectivity index is 3.50. The highest BCUT2D eigenvalue weighted by Crippen LogP contribution is 2.00. The summed E-state index contributed by atoms with van der Waals surface area (Å²) in [4.78, 5) is 2.13. The molecule has 0 radical (unpaired) electrons. The summed E-state index contributed by atoms with van der Waals surface area (Å²) in [7, 11) is 4.10. The van der Waals surface area contributed by atoms with Gasteiger partial charge in [-0.15, -0.1) is 0 Å². The van der Waals surface area contributed by atoms with Gasteiger partial charge in [0.25, 0.3) is 0 Å². The van der Waals surface area contributed by atoms with Crippen LogP contribution in [0.4, 0.5) is 0 Å². The summed E-state index contributed by atoms with van der Waals surface area (Å²) < 4.78 is 5.39. The van der Waals surface area contributed by atoms with Gasteiger partial charge in [-0.05, 0) is 33.5 Å². The van der Waals surface area contributed by atoms with E-state index >= 15 is 0 Å². The van der Waals surface area contributed by atoms with Crippen molar-refractivity contribution >= 4 is 0 Å². The van der Waals surface area contributed by atoms with Crippen LogP contribution < -0.4 is 0 Å². The van der Waals surface area contributed by atoms with Gasteiger partial charge in [0.15, 0.2) is 0 Å². The Hall–Kier alpha value is -1.02. The highest BCUT2D eigenvalue weighted by molar-refractivity contribution is 5.19. The minimum absolute atomic E-state index is 0.701. The summed E-state index contributed by atoms with van der Waals surface area (Å²) in [6, 6.07) is 0. The Kier molecular flexibility index (Phi) is 6.85. The van der Waals surface area contributed by atoms with Crippen LogP contribution in [0.25, 0.3) is 0 Å². The molecule has 0 spiro atoms. The van der Waals surface area contributed by atoms with Gasteiger partial charge in [0.1, 0.15) is 5.76 Å². The van der Waals surface area contributed by atoms with Gasteiger partial charge >= 0.3 is 0 Å². The number of rotatable bonds is 7. The van der Waals surface area contributed by atoms with Crippen LogP contribution in [0.3, 0.4) is 0 Å². The SMILES string of the molecule is C=C(C)/C=C\C(=C)OCCCN(C)C. The molecule has 0 saturated carbocycles. The Labute approximate surface area is 87.6 Å². The highest BCUT2D eigenvalue weighted by Gasteiger charge is 1.92. The third-order valence-corrected chi connectivity index (χ3v) is 1.59. The quantitative estimate of drug-likeness (QED) is 0.352. The molecule has 0 aliphatic heterocycles. The molecule has 0 bridgehead atoms. The van der Waals surface area contributed by atoms with E-state index in [-0.39, 0.29) is 0 Å². The number of nitrogens with zero attached hydrogens (tertiary/aromatic N) is 1. The molecule has 0 aromatic carbocycles. The lowest BCUT2D eigenvalue weighted by molar-refractivity contribution is 0.208. The first kappa shape index (κ1) is 13.0. The van der Waals surface area contributed by atoms with Crippen LogP contribution in [0.15, 0.2) is 36.6 Å². The number of ether oxygens (including phenoxy) is 1. The molecule has 2 nitrogen and oxygen atoms in total. The molecule has 14 heavy (non-hydrogen) atoms. The lowest BCUT2D eigenvalue weighted by Crippen LogP contribution is -2.14. The second-order valence-corrected chi connectivity index (χ2v) is 3.65. The van der Waals surface area contributed by atoms with Crippen molar-refractivity contribution in [2.45, 2.75) is 13.3 Å². The predicted octanol–water partition coefficient (Wildman–Crippen LogP) is 2.60. The molecule has 0 atom stereocenters. The minimum Gasteiger partial charge on any atom is -0.494 e. The summed E-state index contributed by atoms with van der Waals surface area (Å²) in [6.07, 6.45) is 4.76.